The Morgan fingerprint density at radius 1 is 0.255 bits per heavy atom. The summed E-state index contributed by atoms with van der Waals surface area (Å²) in [5, 5.41) is 4.99. The second-order valence-corrected chi connectivity index (χ2v) is 13.0. The molecule has 0 spiro atoms. The van der Waals surface area contributed by atoms with Crippen molar-refractivity contribution in [2.24, 2.45) is 0 Å². The van der Waals surface area contributed by atoms with Crippen molar-refractivity contribution in [3.05, 3.63) is 212 Å². The Bertz CT molecular complexity index is 2590. The standard InChI is InChI=1S/C50H35N/c1-3-11-36(12-4-1)38-19-21-39(22-20-38)40-25-30-46(31-26-40)51(45-16-5-2-6-17-45)47-32-27-42(28-33-47)50-48-18-10-9-14-41(48)29-34-49(50)44-24-23-37-13-7-8-15-43(37)35-44/h1-35H. The number of nitrogens with zero attached hydrogens (tertiary/aromatic N) is 1. The molecular formula is C50H35N. The van der Waals surface area contributed by atoms with E-state index < -0.39 is 0 Å². The SMILES string of the molecule is c1ccc(-c2ccc(-c3ccc(N(c4ccccc4)c4ccc(-c5c(-c6ccc7ccccc7c6)ccc6ccccc56)cc4)cc3)cc2)cc1. The maximum atomic E-state index is 2.33. The fourth-order valence-corrected chi connectivity index (χ4v) is 7.27. The summed E-state index contributed by atoms with van der Waals surface area (Å²) < 4.78 is 0. The zero-order chi connectivity index (χ0) is 34.0. The van der Waals surface area contributed by atoms with E-state index in [-0.39, 0.29) is 0 Å². The maximum Gasteiger partial charge on any atom is 0.0462 e. The molecule has 1 nitrogen and oxygen atoms in total. The molecule has 0 N–H and O–H groups in total. The minimum absolute atomic E-state index is 1.11. The number of anilines is 3. The van der Waals surface area contributed by atoms with E-state index in [2.05, 4.69) is 217 Å². The van der Waals surface area contributed by atoms with Gasteiger partial charge in [-0.1, -0.05) is 170 Å². The van der Waals surface area contributed by atoms with Gasteiger partial charge in [0.25, 0.3) is 0 Å². The Hall–Kier alpha value is -6.70. The van der Waals surface area contributed by atoms with Crippen molar-refractivity contribution >= 4 is 38.6 Å². The first-order chi connectivity index (χ1) is 25.3. The summed E-state index contributed by atoms with van der Waals surface area (Å²) in [6.07, 6.45) is 0. The molecular weight excluding hydrogens is 615 g/mol. The molecule has 0 aliphatic rings. The molecule has 0 saturated heterocycles. The molecule has 0 aromatic heterocycles. The maximum absolute atomic E-state index is 2.33. The minimum Gasteiger partial charge on any atom is -0.311 e. The molecule has 0 unspecified atom stereocenters. The van der Waals surface area contributed by atoms with Crippen LogP contribution in [0.25, 0.3) is 66.1 Å². The van der Waals surface area contributed by atoms with Crippen LogP contribution in [-0.4, -0.2) is 0 Å². The van der Waals surface area contributed by atoms with Gasteiger partial charge in [-0.25, -0.2) is 0 Å². The first-order valence-electron chi connectivity index (χ1n) is 17.5. The smallest absolute Gasteiger partial charge is 0.0462 e. The Morgan fingerprint density at radius 2 is 0.686 bits per heavy atom. The van der Waals surface area contributed by atoms with E-state index in [0.29, 0.717) is 0 Å². The van der Waals surface area contributed by atoms with Crippen LogP contribution in [0.15, 0.2) is 212 Å². The fourth-order valence-electron chi connectivity index (χ4n) is 7.27. The summed E-state index contributed by atoms with van der Waals surface area (Å²) >= 11 is 0. The zero-order valence-corrected chi connectivity index (χ0v) is 28.2. The highest BCUT2D eigenvalue weighted by molar-refractivity contribution is 6.05. The van der Waals surface area contributed by atoms with Gasteiger partial charge in [-0.3, -0.25) is 0 Å². The summed E-state index contributed by atoms with van der Waals surface area (Å²) in [7, 11) is 0. The van der Waals surface area contributed by atoms with E-state index in [0.717, 1.165) is 17.1 Å². The molecule has 0 radical (unpaired) electrons. The van der Waals surface area contributed by atoms with Gasteiger partial charge in [0.2, 0.25) is 0 Å². The monoisotopic (exact) mass is 649 g/mol. The molecule has 0 saturated carbocycles. The van der Waals surface area contributed by atoms with Gasteiger partial charge in [0.05, 0.1) is 0 Å². The number of fused-ring (bicyclic) bond motifs is 2. The molecule has 9 rings (SSSR count). The van der Waals surface area contributed by atoms with Crippen molar-refractivity contribution in [3.8, 4) is 44.5 Å². The largest absolute Gasteiger partial charge is 0.311 e. The minimum atomic E-state index is 1.11. The lowest BCUT2D eigenvalue weighted by molar-refractivity contribution is 1.28. The quantitative estimate of drug-likeness (QED) is 0.166. The predicted octanol–water partition coefficient (Wildman–Crippen LogP) is 14.1. The van der Waals surface area contributed by atoms with Crippen LogP contribution in [-0.2, 0) is 0 Å². The van der Waals surface area contributed by atoms with E-state index in [1.165, 1.54) is 66.1 Å². The average molecular weight is 650 g/mol. The number of benzene rings is 9. The lowest BCUT2D eigenvalue weighted by atomic mass is 9.89. The fraction of sp³-hybridized carbons (Fsp3) is 0. The predicted molar refractivity (Wildman–Crippen MR) is 218 cm³/mol. The molecule has 240 valence electrons. The number of rotatable bonds is 7. The van der Waals surface area contributed by atoms with Crippen molar-refractivity contribution in [2.75, 3.05) is 4.90 Å². The average Bonchev–Trinajstić information content (AvgIpc) is 3.22. The van der Waals surface area contributed by atoms with Crippen LogP contribution in [0.2, 0.25) is 0 Å². The van der Waals surface area contributed by atoms with E-state index >= 15 is 0 Å². The number of para-hydroxylation sites is 1. The van der Waals surface area contributed by atoms with E-state index in [1.54, 1.807) is 0 Å². The summed E-state index contributed by atoms with van der Waals surface area (Å²) in [5.74, 6) is 0. The second kappa shape index (κ2) is 13.3. The molecule has 0 aliphatic carbocycles. The van der Waals surface area contributed by atoms with Gasteiger partial charge in [-0.05, 0) is 109 Å². The van der Waals surface area contributed by atoms with Crippen molar-refractivity contribution in [1.29, 1.82) is 0 Å². The second-order valence-electron chi connectivity index (χ2n) is 13.0. The Labute approximate surface area is 299 Å². The third-order valence-corrected chi connectivity index (χ3v) is 9.87. The van der Waals surface area contributed by atoms with Crippen molar-refractivity contribution in [2.45, 2.75) is 0 Å². The first-order valence-corrected chi connectivity index (χ1v) is 17.5. The first kappa shape index (κ1) is 30.4. The van der Waals surface area contributed by atoms with Gasteiger partial charge in [0.1, 0.15) is 0 Å². The van der Waals surface area contributed by atoms with Gasteiger partial charge in [-0.15, -0.1) is 0 Å². The lowest BCUT2D eigenvalue weighted by Gasteiger charge is -2.26. The van der Waals surface area contributed by atoms with Gasteiger partial charge >= 0.3 is 0 Å². The number of hydrogen-bond acceptors (Lipinski definition) is 1. The van der Waals surface area contributed by atoms with E-state index in [4.69, 9.17) is 0 Å². The third-order valence-electron chi connectivity index (χ3n) is 9.87. The van der Waals surface area contributed by atoms with Crippen LogP contribution in [0.5, 0.6) is 0 Å². The van der Waals surface area contributed by atoms with Crippen molar-refractivity contribution in [1.82, 2.24) is 0 Å². The zero-order valence-electron chi connectivity index (χ0n) is 28.2. The summed E-state index contributed by atoms with van der Waals surface area (Å²) in [6, 6.07) is 76.6. The van der Waals surface area contributed by atoms with Gasteiger partial charge in [0.15, 0.2) is 0 Å². The van der Waals surface area contributed by atoms with Crippen molar-refractivity contribution in [3.63, 3.8) is 0 Å². The Balaban J connectivity index is 1.09. The molecule has 0 heterocycles. The van der Waals surface area contributed by atoms with Crippen LogP contribution in [0.4, 0.5) is 17.1 Å². The third kappa shape index (κ3) is 5.96. The normalized spacial score (nSPS) is 11.1. The Kier molecular flexibility index (Phi) is 7.92. The molecule has 0 aliphatic heterocycles. The molecule has 0 bridgehead atoms. The molecule has 0 fully saturated rings. The summed E-state index contributed by atoms with van der Waals surface area (Å²) in [4.78, 5) is 2.33. The summed E-state index contributed by atoms with van der Waals surface area (Å²) in [5.41, 5.74) is 13.1. The highest BCUT2D eigenvalue weighted by Crippen LogP contribution is 2.41. The molecule has 51 heavy (non-hydrogen) atoms. The van der Waals surface area contributed by atoms with Crippen LogP contribution >= 0.6 is 0 Å². The summed E-state index contributed by atoms with van der Waals surface area (Å²) in [6.45, 7) is 0. The molecule has 0 atom stereocenters. The highest BCUT2D eigenvalue weighted by Gasteiger charge is 2.16. The molecule has 9 aromatic carbocycles. The van der Waals surface area contributed by atoms with Gasteiger partial charge < -0.3 is 4.90 Å². The van der Waals surface area contributed by atoms with Crippen LogP contribution in [0.1, 0.15) is 0 Å². The topological polar surface area (TPSA) is 3.24 Å². The number of hydrogen-bond donors (Lipinski definition) is 0. The lowest BCUT2D eigenvalue weighted by Crippen LogP contribution is -2.09. The molecule has 1 heteroatoms. The van der Waals surface area contributed by atoms with Crippen LogP contribution in [0, 0.1) is 0 Å². The van der Waals surface area contributed by atoms with Gasteiger partial charge in [-0.2, -0.15) is 0 Å². The highest BCUT2D eigenvalue weighted by atomic mass is 15.1. The Morgan fingerprint density at radius 3 is 1.33 bits per heavy atom. The molecule has 0 amide bonds. The van der Waals surface area contributed by atoms with E-state index in [9.17, 15) is 0 Å². The van der Waals surface area contributed by atoms with Crippen LogP contribution in [0.3, 0.4) is 0 Å². The van der Waals surface area contributed by atoms with Gasteiger partial charge in [0, 0.05) is 17.1 Å². The molecule has 9 aromatic rings. The van der Waals surface area contributed by atoms with Crippen LogP contribution < -0.4 is 4.90 Å². The van der Waals surface area contributed by atoms with E-state index in [1.807, 2.05) is 0 Å². The van der Waals surface area contributed by atoms with Crippen molar-refractivity contribution < 1.29 is 0 Å².